The fourth-order valence-electron chi connectivity index (χ4n) is 2.58. The Labute approximate surface area is 166 Å². The zero-order chi connectivity index (χ0) is 20.0. The molecular formula is C23H27NO4. The fraction of sp³-hybridized carbons (Fsp3) is 0.304. The molecule has 1 atom stereocenters. The minimum absolute atomic E-state index is 0.145. The second-order valence-corrected chi connectivity index (χ2v) is 6.27. The zero-order valence-electron chi connectivity index (χ0n) is 16.2. The third kappa shape index (κ3) is 8.64. The number of nitrogens with one attached hydrogen (secondary N) is 1. The Morgan fingerprint density at radius 3 is 2.25 bits per heavy atom. The molecular weight excluding hydrogens is 354 g/mol. The van der Waals surface area contributed by atoms with Gasteiger partial charge in [0.05, 0.1) is 6.61 Å². The van der Waals surface area contributed by atoms with Gasteiger partial charge in [-0.15, -0.1) is 0 Å². The molecule has 2 aromatic rings. The Kier molecular flexibility index (Phi) is 9.52. The Morgan fingerprint density at radius 1 is 0.964 bits per heavy atom. The molecule has 0 aromatic heterocycles. The molecule has 1 N–H and O–H groups in total. The third-order valence-corrected chi connectivity index (χ3v) is 4.06. The molecule has 5 nitrogen and oxygen atoms in total. The highest BCUT2D eigenvalue weighted by Gasteiger charge is 2.11. The molecule has 0 amide bonds. The van der Waals surface area contributed by atoms with Crippen LogP contribution in [0.25, 0.3) is 0 Å². The van der Waals surface area contributed by atoms with E-state index in [2.05, 4.69) is 5.32 Å². The number of ether oxygens (including phenoxy) is 2. The first-order valence-corrected chi connectivity index (χ1v) is 9.49. The molecule has 148 valence electrons. The van der Waals surface area contributed by atoms with Crippen LogP contribution in [0.5, 0.6) is 0 Å². The van der Waals surface area contributed by atoms with E-state index in [0.717, 1.165) is 11.1 Å². The molecule has 0 saturated heterocycles. The average Bonchev–Trinajstić information content (AvgIpc) is 2.73. The number of carbonyl (C=O) groups is 2. The van der Waals surface area contributed by atoms with Crippen molar-refractivity contribution in [2.24, 2.45) is 0 Å². The normalized spacial score (nSPS) is 11.9. The molecule has 0 saturated carbocycles. The first kappa shape index (κ1) is 21.4. The van der Waals surface area contributed by atoms with Crippen LogP contribution in [0.2, 0.25) is 0 Å². The Morgan fingerprint density at radius 2 is 1.61 bits per heavy atom. The molecule has 0 radical (unpaired) electrons. The Hall–Kier alpha value is -2.92. The van der Waals surface area contributed by atoms with E-state index >= 15 is 0 Å². The maximum absolute atomic E-state index is 12.1. The first-order chi connectivity index (χ1) is 13.7. The molecule has 0 bridgehead atoms. The van der Waals surface area contributed by atoms with Gasteiger partial charge in [0.15, 0.2) is 0 Å². The molecule has 0 aliphatic heterocycles. The smallest absolute Gasteiger partial charge is 0.330 e. The summed E-state index contributed by atoms with van der Waals surface area (Å²) in [6.45, 7) is 2.99. The van der Waals surface area contributed by atoms with Gasteiger partial charge in [-0.05, 0) is 24.5 Å². The van der Waals surface area contributed by atoms with Gasteiger partial charge in [0.1, 0.15) is 6.61 Å². The van der Waals surface area contributed by atoms with Crippen molar-refractivity contribution in [2.45, 2.75) is 39.0 Å². The van der Waals surface area contributed by atoms with Crippen LogP contribution >= 0.6 is 0 Å². The molecule has 0 aliphatic carbocycles. The lowest BCUT2D eigenvalue weighted by atomic mass is 10.1. The first-order valence-electron chi connectivity index (χ1n) is 9.49. The summed E-state index contributed by atoms with van der Waals surface area (Å²) in [5.74, 6) is -0.652. The third-order valence-electron chi connectivity index (χ3n) is 4.06. The summed E-state index contributed by atoms with van der Waals surface area (Å²) in [5.41, 5.74) is 2.08. The number of hydrogen-bond donors (Lipinski definition) is 1. The zero-order valence-corrected chi connectivity index (χ0v) is 16.2. The quantitative estimate of drug-likeness (QED) is 0.474. The van der Waals surface area contributed by atoms with Gasteiger partial charge < -0.3 is 14.8 Å². The summed E-state index contributed by atoms with van der Waals surface area (Å²) < 4.78 is 10.2. The predicted molar refractivity (Wildman–Crippen MR) is 108 cm³/mol. The number of rotatable bonds is 11. The van der Waals surface area contributed by atoms with Gasteiger partial charge in [0, 0.05) is 25.1 Å². The molecule has 2 aromatic carbocycles. The molecule has 0 heterocycles. The van der Waals surface area contributed by atoms with Gasteiger partial charge in [0.25, 0.3) is 0 Å². The van der Waals surface area contributed by atoms with Crippen molar-refractivity contribution in [3.63, 3.8) is 0 Å². The van der Waals surface area contributed by atoms with Gasteiger partial charge in [-0.25, -0.2) is 4.79 Å². The van der Waals surface area contributed by atoms with Crippen molar-refractivity contribution in [1.29, 1.82) is 0 Å². The van der Waals surface area contributed by atoms with E-state index in [1.165, 1.54) is 6.08 Å². The van der Waals surface area contributed by atoms with Crippen molar-refractivity contribution in [3.8, 4) is 0 Å². The minimum Gasteiger partial charge on any atom is -0.463 e. The van der Waals surface area contributed by atoms with Gasteiger partial charge in [-0.2, -0.15) is 0 Å². The summed E-state index contributed by atoms with van der Waals surface area (Å²) in [5, 5.41) is 3.36. The second-order valence-electron chi connectivity index (χ2n) is 6.27. The van der Waals surface area contributed by atoms with Crippen molar-refractivity contribution in [1.82, 2.24) is 5.32 Å². The number of carbonyl (C=O) groups excluding carboxylic acids is 2. The van der Waals surface area contributed by atoms with E-state index < -0.39 is 0 Å². The van der Waals surface area contributed by atoms with E-state index in [1.807, 2.05) is 60.7 Å². The highest BCUT2D eigenvalue weighted by atomic mass is 16.5. The molecule has 0 unspecified atom stereocenters. The van der Waals surface area contributed by atoms with E-state index in [4.69, 9.17) is 9.47 Å². The van der Waals surface area contributed by atoms with Crippen LogP contribution in [0.1, 0.15) is 30.9 Å². The van der Waals surface area contributed by atoms with Gasteiger partial charge in [-0.3, -0.25) is 4.79 Å². The largest absolute Gasteiger partial charge is 0.463 e. The Bertz CT molecular complexity index is 744. The van der Waals surface area contributed by atoms with Crippen LogP contribution in [0, 0.1) is 0 Å². The molecule has 2 rings (SSSR count). The monoisotopic (exact) mass is 381 g/mol. The maximum Gasteiger partial charge on any atom is 0.330 e. The molecule has 0 fully saturated rings. The summed E-state index contributed by atoms with van der Waals surface area (Å²) in [4.78, 5) is 23.7. The van der Waals surface area contributed by atoms with E-state index in [1.54, 1.807) is 13.0 Å². The number of esters is 2. The summed E-state index contributed by atoms with van der Waals surface area (Å²) >= 11 is 0. The van der Waals surface area contributed by atoms with Gasteiger partial charge in [0.2, 0.25) is 0 Å². The minimum atomic E-state index is -0.388. The van der Waals surface area contributed by atoms with Crippen molar-refractivity contribution < 1.29 is 19.1 Å². The van der Waals surface area contributed by atoms with Crippen molar-refractivity contribution >= 4 is 11.9 Å². The van der Waals surface area contributed by atoms with Crippen LogP contribution in [0.3, 0.4) is 0 Å². The van der Waals surface area contributed by atoms with Crippen LogP contribution < -0.4 is 5.32 Å². The fourth-order valence-corrected chi connectivity index (χ4v) is 2.58. The molecule has 0 spiro atoms. The molecule has 0 aliphatic rings. The SMILES string of the molecule is CCOC(=O)/C=C/[C@H](CCC(=O)OCc1ccccc1)NCc1ccccc1. The highest BCUT2D eigenvalue weighted by molar-refractivity contribution is 5.82. The number of hydrogen-bond acceptors (Lipinski definition) is 5. The summed E-state index contributed by atoms with van der Waals surface area (Å²) in [6.07, 6.45) is 3.93. The maximum atomic E-state index is 12.1. The van der Waals surface area contributed by atoms with Gasteiger partial charge >= 0.3 is 11.9 Å². The number of benzene rings is 2. The second kappa shape index (κ2) is 12.5. The topological polar surface area (TPSA) is 64.6 Å². The van der Waals surface area contributed by atoms with E-state index in [0.29, 0.717) is 19.6 Å². The lowest BCUT2D eigenvalue weighted by molar-refractivity contribution is -0.145. The standard InChI is InChI=1S/C23H27NO4/c1-2-27-22(25)15-13-21(24-17-19-9-5-3-6-10-19)14-16-23(26)28-18-20-11-7-4-8-12-20/h3-13,15,21,24H,2,14,16-18H2,1H3/b15-13+/t21-/m1/s1. The average molecular weight is 381 g/mol. The molecule has 5 heteroatoms. The molecule has 28 heavy (non-hydrogen) atoms. The summed E-state index contributed by atoms with van der Waals surface area (Å²) in [6, 6.07) is 19.4. The highest BCUT2D eigenvalue weighted by Crippen LogP contribution is 2.07. The lowest BCUT2D eigenvalue weighted by Crippen LogP contribution is -2.28. The summed E-state index contributed by atoms with van der Waals surface area (Å²) in [7, 11) is 0. The predicted octanol–water partition coefficient (Wildman–Crippen LogP) is 3.79. The van der Waals surface area contributed by atoms with Crippen molar-refractivity contribution in [3.05, 3.63) is 83.9 Å². The van der Waals surface area contributed by atoms with E-state index in [-0.39, 0.29) is 31.0 Å². The van der Waals surface area contributed by atoms with E-state index in [9.17, 15) is 9.59 Å². The van der Waals surface area contributed by atoms with Crippen LogP contribution in [0.15, 0.2) is 72.8 Å². The van der Waals surface area contributed by atoms with Gasteiger partial charge in [-0.1, -0.05) is 66.7 Å². The van der Waals surface area contributed by atoms with Crippen molar-refractivity contribution in [2.75, 3.05) is 6.61 Å². The lowest BCUT2D eigenvalue weighted by Gasteiger charge is -2.15. The van der Waals surface area contributed by atoms with Crippen LogP contribution in [-0.4, -0.2) is 24.6 Å². The van der Waals surface area contributed by atoms with Crippen LogP contribution in [0.4, 0.5) is 0 Å². The van der Waals surface area contributed by atoms with Crippen LogP contribution in [-0.2, 0) is 32.2 Å². The Balaban J connectivity index is 1.84.